The molecule has 3 rings (SSSR count). The molecule has 8 heteroatoms. The number of para-hydroxylation sites is 2. The smallest absolute Gasteiger partial charge is 0.322 e. The van der Waals surface area contributed by atoms with Crippen LogP contribution < -0.4 is 20.7 Å². The number of rotatable bonds is 2. The highest BCUT2D eigenvalue weighted by Gasteiger charge is 2.25. The molecule has 0 bridgehead atoms. The molecule has 0 spiro atoms. The number of fused-ring (bicyclic) bond motifs is 1. The second-order valence-electron chi connectivity index (χ2n) is 4.13. The van der Waals surface area contributed by atoms with Crippen LogP contribution in [0.15, 0.2) is 24.3 Å². The number of nitrogens with one attached hydrogen (secondary N) is 1. The lowest BCUT2D eigenvalue weighted by atomic mass is 10.2. The highest BCUT2D eigenvalue weighted by atomic mass is 16.5. The number of aromatic nitrogens is 3. The van der Waals surface area contributed by atoms with Gasteiger partial charge in [0.15, 0.2) is 0 Å². The number of nitrogens with two attached hydrogens (primary N) is 1. The van der Waals surface area contributed by atoms with Crippen LogP contribution in [-0.4, -0.2) is 34.5 Å². The van der Waals surface area contributed by atoms with Gasteiger partial charge in [-0.2, -0.15) is 15.0 Å². The fraction of sp³-hybridized carbons (Fsp3) is 0.167. The van der Waals surface area contributed by atoms with Gasteiger partial charge in [0.05, 0.1) is 18.5 Å². The van der Waals surface area contributed by atoms with E-state index in [4.69, 9.17) is 10.5 Å². The number of amides is 1. The molecule has 8 nitrogen and oxygen atoms in total. The Labute approximate surface area is 114 Å². The average molecular weight is 272 g/mol. The van der Waals surface area contributed by atoms with Gasteiger partial charge in [-0.1, -0.05) is 12.1 Å². The zero-order valence-corrected chi connectivity index (χ0v) is 10.7. The van der Waals surface area contributed by atoms with E-state index in [-0.39, 0.29) is 30.4 Å². The SMILES string of the molecule is COc1nc(N)nc(N2CC(=O)Nc3ccccc32)n1. The van der Waals surface area contributed by atoms with E-state index in [1.807, 2.05) is 18.2 Å². The molecule has 0 aliphatic carbocycles. The predicted molar refractivity (Wildman–Crippen MR) is 72.9 cm³/mol. The predicted octanol–water partition coefficient (Wildman–Crippen LogP) is 0.553. The quantitative estimate of drug-likeness (QED) is 0.822. The molecule has 0 fully saturated rings. The van der Waals surface area contributed by atoms with Gasteiger partial charge in [-0.3, -0.25) is 9.69 Å². The number of anilines is 4. The summed E-state index contributed by atoms with van der Waals surface area (Å²) in [7, 11) is 1.44. The first-order chi connectivity index (χ1) is 9.67. The molecular weight excluding hydrogens is 260 g/mol. The maximum absolute atomic E-state index is 11.8. The first kappa shape index (κ1) is 12.2. The average Bonchev–Trinajstić information content (AvgIpc) is 2.45. The van der Waals surface area contributed by atoms with Crippen LogP contribution in [0.5, 0.6) is 6.01 Å². The molecule has 1 aliphatic heterocycles. The van der Waals surface area contributed by atoms with Crippen LogP contribution in [0, 0.1) is 0 Å². The second-order valence-corrected chi connectivity index (χ2v) is 4.13. The summed E-state index contributed by atoms with van der Waals surface area (Å²) in [6, 6.07) is 7.48. The maximum atomic E-state index is 11.8. The molecule has 0 radical (unpaired) electrons. The van der Waals surface area contributed by atoms with Crippen molar-refractivity contribution in [3.8, 4) is 6.01 Å². The fourth-order valence-corrected chi connectivity index (χ4v) is 1.98. The molecule has 2 heterocycles. The van der Waals surface area contributed by atoms with Crippen LogP contribution in [0.2, 0.25) is 0 Å². The summed E-state index contributed by atoms with van der Waals surface area (Å²) in [6.45, 7) is 0.101. The van der Waals surface area contributed by atoms with Gasteiger partial charge in [0, 0.05) is 0 Å². The molecule has 102 valence electrons. The van der Waals surface area contributed by atoms with Crippen LogP contribution in [0.3, 0.4) is 0 Å². The van der Waals surface area contributed by atoms with Gasteiger partial charge in [0.25, 0.3) is 0 Å². The third-order valence-corrected chi connectivity index (χ3v) is 2.82. The number of ether oxygens (including phenoxy) is 1. The van der Waals surface area contributed by atoms with E-state index < -0.39 is 0 Å². The molecule has 2 aromatic rings. The van der Waals surface area contributed by atoms with Gasteiger partial charge in [-0.25, -0.2) is 0 Å². The van der Waals surface area contributed by atoms with Gasteiger partial charge >= 0.3 is 6.01 Å². The molecule has 0 atom stereocenters. The van der Waals surface area contributed by atoms with E-state index in [1.54, 1.807) is 11.0 Å². The van der Waals surface area contributed by atoms with Crippen molar-refractivity contribution in [1.82, 2.24) is 15.0 Å². The number of carbonyl (C=O) groups is 1. The first-order valence-electron chi connectivity index (χ1n) is 5.89. The number of carbonyl (C=O) groups excluding carboxylic acids is 1. The lowest BCUT2D eigenvalue weighted by Gasteiger charge is -2.28. The zero-order chi connectivity index (χ0) is 14.1. The zero-order valence-electron chi connectivity index (χ0n) is 10.7. The number of benzene rings is 1. The molecule has 0 unspecified atom stereocenters. The summed E-state index contributed by atoms with van der Waals surface area (Å²) in [6.07, 6.45) is 0. The lowest BCUT2D eigenvalue weighted by Crippen LogP contribution is -2.36. The number of nitrogen functional groups attached to an aromatic ring is 1. The topological polar surface area (TPSA) is 106 Å². The molecule has 1 amide bonds. The third-order valence-electron chi connectivity index (χ3n) is 2.82. The Morgan fingerprint density at radius 1 is 1.30 bits per heavy atom. The van der Waals surface area contributed by atoms with Gasteiger partial charge < -0.3 is 15.8 Å². The summed E-state index contributed by atoms with van der Waals surface area (Å²) in [5.41, 5.74) is 7.11. The summed E-state index contributed by atoms with van der Waals surface area (Å²) in [5, 5.41) is 2.79. The Morgan fingerprint density at radius 2 is 2.10 bits per heavy atom. The van der Waals surface area contributed by atoms with Crippen molar-refractivity contribution < 1.29 is 9.53 Å². The summed E-state index contributed by atoms with van der Waals surface area (Å²) in [4.78, 5) is 25.4. The standard InChI is InChI=1S/C12H12N6O2/c1-20-12-16-10(13)15-11(17-12)18-6-9(19)14-7-4-2-3-5-8(7)18/h2-5H,6H2,1H3,(H,14,19)(H2,13,15,16,17). The van der Waals surface area contributed by atoms with Gasteiger partial charge in [0.1, 0.15) is 6.54 Å². The summed E-state index contributed by atoms with van der Waals surface area (Å²) < 4.78 is 4.97. The van der Waals surface area contributed by atoms with Crippen LogP contribution in [-0.2, 0) is 4.79 Å². The summed E-state index contributed by atoms with van der Waals surface area (Å²) >= 11 is 0. The van der Waals surface area contributed by atoms with Gasteiger partial charge in [-0.15, -0.1) is 0 Å². The van der Waals surface area contributed by atoms with Crippen LogP contribution in [0.4, 0.5) is 23.3 Å². The molecule has 0 saturated carbocycles. The van der Waals surface area contributed by atoms with E-state index in [9.17, 15) is 4.79 Å². The highest BCUT2D eigenvalue weighted by Crippen LogP contribution is 2.33. The van der Waals surface area contributed by atoms with Crippen molar-refractivity contribution in [2.24, 2.45) is 0 Å². The highest BCUT2D eigenvalue weighted by molar-refractivity contribution is 6.02. The Bertz CT molecular complexity index is 675. The van der Waals surface area contributed by atoms with E-state index >= 15 is 0 Å². The molecule has 1 aliphatic rings. The number of hydrogen-bond donors (Lipinski definition) is 2. The van der Waals surface area contributed by atoms with Crippen LogP contribution in [0.1, 0.15) is 0 Å². The number of hydrogen-bond acceptors (Lipinski definition) is 7. The van der Waals surface area contributed by atoms with Crippen LogP contribution in [0.25, 0.3) is 0 Å². The van der Waals surface area contributed by atoms with E-state index in [0.717, 1.165) is 5.69 Å². The van der Waals surface area contributed by atoms with E-state index in [0.29, 0.717) is 5.69 Å². The van der Waals surface area contributed by atoms with E-state index in [1.165, 1.54) is 7.11 Å². The van der Waals surface area contributed by atoms with Crippen molar-refractivity contribution in [3.63, 3.8) is 0 Å². The van der Waals surface area contributed by atoms with E-state index in [2.05, 4.69) is 20.3 Å². The Balaban J connectivity index is 2.10. The van der Waals surface area contributed by atoms with Crippen molar-refractivity contribution in [2.75, 3.05) is 29.6 Å². The normalized spacial score (nSPS) is 13.7. The van der Waals surface area contributed by atoms with Crippen molar-refractivity contribution in [2.45, 2.75) is 0 Å². The molecule has 20 heavy (non-hydrogen) atoms. The minimum Gasteiger partial charge on any atom is -0.467 e. The monoisotopic (exact) mass is 272 g/mol. The van der Waals surface area contributed by atoms with Gasteiger partial charge in [0.2, 0.25) is 17.8 Å². The lowest BCUT2D eigenvalue weighted by molar-refractivity contribution is -0.115. The number of methoxy groups -OCH3 is 1. The first-order valence-corrected chi connectivity index (χ1v) is 5.89. The minimum absolute atomic E-state index is 0.0373. The van der Waals surface area contributed by atoms with Crippen molar-refractivity contribution >= 4 is 29.2 Å². The number of nitrogens with zero attached hydrogens (tertiary/aromatic N) is 4. The minimum atomic E-state index is -0.151. The molecule has 3 N–H and O–H groups in total. The van der Waals surface area contributed by atoms with Crippen LogP contribution >= 0.6 is 0 Å². The molecular formula is C12H12N6O2. The molecule has 0 saturated heterocycles. The summed E-state index contributed by atoms with van der Waals surface area (Å²) in [5.74, 6) is 0.161. The Hall–Kier alpha value is -2.90. The van der Waals surface area contributed by atoms with Gasteiger partial charge in [-0.05, 0) is 12.1 Å². The Kier molecular flexibility index (Phi) is 2.82. The maximum Gasteiger partial charge on any atom is 0.322 e. The Morgan fingerprint density at radius 3 is 2.90 bits per heavy atom. The third kappa shape index (κ3) is 2.07. The second kappa shape index (κ2) is 4.65. The van der Waals surface area contributed by atoms with Crippen molar-refractivity contribution in [1.29, 1.82) is 0 Å². The molecule has 1 aromatic heterocycles. The fourth-order valence-electron chi connectivity index (χ4n) is 1.98. The largest absolute Gasteiger partial charge is 0.467 e. The van der Waals surface area contributed by atoms with Crippen molar-refractivity contribution in [3.05, 3.63) is 24.3 Å². The molecule has 1 aromatic carbocycles.